The molecule has 6 rings (SSSR count). The summed E-state index contributed by atoms with van der Waals surface area (Å²) in [5, 5.41) is 5.34. The standard InChI is InChI=1S/C47H66N6O12/c1-32(54)62-28-34-24-52(44(58)15-17-48-46(60)64-30-42-38-11-7-3-4-8-12-39(38)42)21-19-50(34)26-36(56)23-37(57)27-51-20-22-53(25-35(51)29-63-33(2)55)45(59)16-18-49-47(61)65-31-43-40-13-9-5-6-10-14-41(40)43/h34-35,38-43H,7-31H2,1-2H3,(H,48,60)(H,49,61)/t34?,35?,38-,39+,40-,41+,42?,43?. The highest BCUT2D eigenvalue weighted by molar-refractivity contribution is 6.00. The molecule has 4 amide bonds. The fraction of sp³-hybridized carbons (Fsp3) is 0.745. The summed E-state index contributed by atoms with van der Waals surface area (Å²) in [6.45, 7) is 4.72. The van der Waals surface area contributed by atoms with Crippen LogP contribution in [0.2, 0.25) is 0 Å². The third-order valence-electron chi connectivity index (χ3n) is 13.7. The second-order valence-corrected chi connectivity index (χ2v) is 18.2. The first-order chi connectivity index (χ1) is 31.4. The van der Waals surface area contributed by atoms with Gasteiger partial charge in [-0.1, -0.05) is 0 Å². The van der Waals surface area contributed by atoms with Crippen molar-refractivity contribution in [2.24, 2.45) is 35.5 Å². The van der Waals surface area contributed by atoms with E-state index < -0.39 is 36.2 Å². The van der Waals surface area contributed by atoms with Crippen molar-refractivity contribution < 1.29 is 57.3 Å². The van der Waals surface area contributed by atoms with E-state index in [2.05, 4.69) is 34.3 Å². The van der Waals surface area contributed by atoms with Crippen LogP contribution >= 0.6 is 0 Å². The van der Waals surface area contributed by atoms with Crippen LogP contribution in [0, 0.1) is 59.2 Å². The molecular weight excluding hydrogens is 841 g/mol. The molecule has 4 fully saturated rings. The van der Waals surface area contributed by atoms with Crippen molar-refractivity contribution in [3.05, 3.63) is 0 Å². The summed E-state index contributed by atoms with van der Waals surface area (Å²) < 4.78 is 21.5. The number of fused-ring (bicyclic) bond motifs is 2. The Labute approximate surface area is 381 Å². The number of hydrogen-bond acceptors (Lipinski definition) is 14. The van der Waals surface area contributed by atoms with Crippen LogP contribution < -0.4 is 10.6 Å². The quantitative estimate of drug-likeness (QED) is 0.0773. The molecule has 8 atom stereocenters. The topological polar surface area (TPSA) is 210 Å². The van der Waals surface area contributed by atoms with Crippen LogP contribution in [-0.4, -0.2) is 171 Å². The molecule has 2 saturated heterocycles. The Morgan fingerprint density at radius 1 is 0.508 bits per heavy atom. The number of ketones is 2. The van der Waals surface area contributed by atoms with Crippen LogP contribution in [0.25, 0.3) is 0 Å². The molecule has 2 aliphatic heterocycles. The number of rotatable bonds is 20. The smallest absolute Gasteiger partial charge is 0.407 e. The Kier molecular flexibility index (Phi) is 18.5. The van der Waals surface area contributed by atoms with Gasteiger partial charge in [0.25, 0.3) is 0 Å². The first-order valence-electron chi connectivity index (χ1n) is 23.4. The lowest BCUT2D eigenvalue weighted by atomic mass is 10.1. The zero-order valence-corrected chi connectivity index (χ0v) is 38.0. The fourth-order valence-electron chi connectivity index (χ4n) is 10.1. The van der Waals surface area contributed by atoms with Gasteiger partial charge in [-0.15, -0.1) is 23.7 Å². The normalized spacial score (nSPS) is 27.0. The maximum Gasteiger partial charge on any atom is 0.407 e. The molecule has 2 heterocycles. The summed E-state index contributed by atoms with van der Waals surface area (Å²) in [5.74, 6) is 13.5. The number of Topliss-reactive ketones (excluding diaryl/α,β-unsaturated/α-hetero) is 2. The van der Waals surface area contributed by atoms with Gasteiger partial charge in [0.05, 0.1) is 44.8 Å². The second kappa shape index (κ2) is 24.4. The Morgan fingerprint density at radius 3 is 1.23 bits per heavy atom. The van der Waals surface area contributed by atoms with Crippen LogP contribution in [0.1, 0.15) is 84.5 Å². The number of amides is 4. The first-order valence-corrected chi connectivity index (χ1v) is 23.4. The van der Waals surface area contributed by atoms with Crippen molar-refractivity contribution in [3.8, 4) is 23.7 Å². The monoisotopic (exact) mass is 906 g/mol. The highest BCUT2D eigenvalue weighted by Gasteiger charge is 2.50. The summed E-state index contributed by atoms with van der Waals surface area (Å²) >= 11 is 0. The minimum atomic E-state index is -0.556. The van der Waals surface area contributed by atoms with Gasteiger partial charge in [0.1, 0.15) is 13.2 Å². The van der Waals surface area contributed by atoms with Gasteiger partial charge in [0.2, 0.25) is 11.8 Å². The number of ether oxygens (including phenoxy) is 4. The maximum atomic E-state index is 13.3. The molecule has 18 nitrogen and oxygen atoms in total. The molecule has 18 heteroatoms. The van der Waals surface area contributed by atoms with Gasteiger partial charge in [-0.3, -0.25) is 38.6 Å². The average molecular weight is 907 g/mol. The molecule has 2 saturated carbocycles. The Bertz CT molecular complexity index is 1720. The lowest BCUT2D eigenvalue weighted by molar-refractivity contribution is -0.146. The number of hydrogen-bond donors (Lipinski definition) is 2. The number of alkyl carbamates (subject to hydrolysis) is 2. The number of nitrogens with one attached hydrogen (secondary N) is 2. The molecule has 2 N–H and O–H groups in total. The minimum Gasteiger partial charge on any atom is -0.464 e. The van der Waals surface area contributed by atoms with Gasteiger partial charge in [0, 0.05) is 105 Å². The lowest BCUT2D eigenvalue weighted by Gasteiger charge is -2.41. The van der Waals surface area contributed by atoms with Crippen molar-refractivity contribution in [1.82, 2.24) is 30.2 Å². The number of carbonyl (C=O) groups excluding carboxylic acids is 8. The van der Waals surface area contributed by atoms with E-state index >= 15 is 0 Å². The van der Waals surface area contributed by atoms with Crippen LogP contribution in [0.15, 0.2) is 0 Å². The molecule has 356 valence electrons. The fourth-order valence-corrected chi connectivity index (χ4v) is 10.1. The number of carbonyl (C=O) groups is 8. The summed E-state index contributed by atoms with van der Waals surface area (Å²) in [5.41, 5.74) is 0. The predicted molar refractivity (Wildman–Crippen MR) is 233 cm³/mol. The van der Waals surface area contributed by atoms with Crippen LogP contribution in [0.5, 0.6) is 0 Å². The first kappa shape index (κ1) is 49.2. The zero-order valence-electron chi connectivity index (χ0n) is 38.0. The van der Waals surface area contributed by atoms with Crippen molar-refractivity contribution in [3.63, 3.8) is 0 Å². The van der Waals surface area contributed by atoms with Crippen molar-refractivity contribution >= 4 is 47.5 Å². The Balaban J connectivity index is 0.886. The molecule has 6 aliphatic rings. The van der Waals surface area contributed by atoms with E-state index in [1.54, 1.807) is 9.80 Å². The molecule has 4 aliphatic carbocycles. The van der Waals surface area contributed by atoms with E-state index in [1.807, 2.05) is 9.80 Å². The van der Waals surface area contributed by atoms with E-state index in [-0.39, 0.29) is 95.1 Å². The van der Waals surface area contributed by atoms with Gasteiger partial charge < -0.3 is 39.4 Å². The van der Waals surface area contributed by atoms with Gasteiger partial charge in [0.15, 0.2) is 11.6 Å². The second-order valence-electron chi connectivity index (χ2n) is 18.2. The number of nitrogens with zero attached hydrogens (tertiary/aromatic N) is 4. The third kappa shape index (κ3) is 15.5. The predicted octanol–water partition coefficient (Wildman–Crippen LogP) is 1.78. The van der Waals surface area contributed by atoms with Crippen LogP contribution in [0.4, 0.5) is 9.59 Å². The largest absolute Gasteiger partial charge is 0.464 e. The molecule has 65 heavy (non-hydrogen) atoms. The van der Waals surface area contributed by atoms with Crippen molar-refractivity contribution in [2.45, 2.75) is 96.6 Å². The molecule has 0 bridgehead atoms. The van der Waals surface area contributed by atoms with Crippen molar-refractivity contribution in [1.29, 1.82) is 0 Å². The van der Waals surface area contributed by atoms with E-state index in [0.29, 0.717) is 74.9 Å². The molecule has 0 spiro atoms. The molecule has 0 radical (unpaired) electrons. The average Bonchev–Trinajstić information content (AvgIpc) is 4.12. The SMILES string of the molecule is CC(=O)OCC1CN(C(=O)CCNC(=O)OCC2[C@H]3CCC#CCC[C@@H]23)CCN1CC(=O)CC(=O)CN1CCN(C(=O)CCNC(=O)OCC2[C@H]3CCC#CCC[C@@H]23)CC1COC(C)=O. The van der Waals surface area contributed by atoms with E-state index in [9.17, 15) is 38.4 Å². The molecule has 0 aromatic heterocycles. The number of esters is 2. The highest BCUT2D eigenvalue weighted by atomic mass is 16.6. The maximum absolute atomic E-state index is 13.3. The lowest BCUT2D eigenvalue weighted by Crippen LogP contribution is -2.58. The molecule has 0 aromatic rings. The van der Waals surface area contributed by atoms with E-state index in [4.69, 9.17) is 18.9 Å². The third-order valence-corrected chi connectivity index (χ3v) is 13.7. The number of piperazine rings is 2. The van der Waals surface area contributed by atoms with Gasteiger partial charge in [-0.25, -0.2) is 9.59 Å². The summed E-state index contributed by atoms with van der Waals surface area (Å²) in [7, 11) is 0. The summed E-state index contributed by atoms with van der Waals surface area (Å²) in [6.07, 6.45) is 6.26. The Hall–Kier alpha value is -5.20. The van der Waals surface area contributed by atoms with Gasteiger partial charge in [-0.05, 0) is 61.2 Å². The summed E-state index contributed by atoms with van der Waals surface area (Å²) in [4.78, 5) is 108. The molecule has 4 unspecified atom stereocenters. The minimum absolute atomic E-state index is 0.0431. The molecular formula is C47H66N6O12. The van der Waals surface area contributed by atoms with E-state index in [0.717, 1.165) is 51.4 Å². The van der Waals surface area contributed by atoms with Crippen LogP contribution in [0.3, 0.4) is 0 Å². The van der Waals surface area contributed by atoms with Crippen LogP contribution in [-0.2, 0) is 47.7 Å². The van der Waals surface area contributed by atoms with Gasteiger partial charge >= 0.3 is 24.1 Å². The molecule has 0 aromatic carbocycles. The highest BCUT2D eigenvalue weighted by Crippen LogP contribution is 2.53. The van der Waals surface area contributed by atoms with Crippen molar-refractivity contribution in [2.75, 3.05) is 91.9 Å². The Morgan fingerprint density at radius 2 is 0.877 bits per heavy atom. The zero-order chi connectivity index (χ0) is 46.3. The van der Waals surface area contributed by atoms with E-state index in [1.165, 1.54) is 13.8 Å². The van der Waals surface area contributed by atoms with Gasteiger partial charge in [-0.2, -0.15) is 0 Å². The summed E-state index contributed by atoms with van der Waals surface area (Å²) in [6, 6.07) is -0.988.